The molecule has 9 heteroatoms. The number of thioether (sulfide) groups is 1. The van der Waals surface area contributed by atoms with E-state index in [9.17, 15) is 9.47 Å². The molecular weight excluding hydrogens is 434 g/mol. The van der Waals surface area contributed by atoms with Gasteiger partial charge in [-0.2, -0.15) is 5.26 Å². The monoisotopic (exact) mass is 457 g/mol. The number of hydrogen-bond acceptors (Lipinski definition) is 7. The summed E-state index contributed by atoms with van der Waals surface area (Å²) in [6.07, 6.45) is 9.15. The number of imidazole rings is 1. The van der Waals surface area contributed by atoms with Crippen molar-refractivity contribution in [3.8, 4) is 28.0 Å². The molecule has 156 valence electrons. The average Bonchev–Trinajstić information content (AvgIpc) is 3.43. The van der Waals surface area contributed by atoms with Crippen molar-refractivity contribution in [1.82, 2.24) is 19.5 Å². The first-order chi connectivity index (χ1) is 14.6. The molecule has 0 saturated heterocycles. The Morgan fingerprint density at radius 2 is 2.13 bits per heavy atom. The van der Waals surface area contributed by atoms with E-state index >= 15 is 0 Å². The molecule has 6 nitrogen and oxygen atoms in total. The van der Waals surface area contributed by atoms with Crippen LogP contribution in [0.2, 0.25) is 0 Å². The smallest absolute Gasteiger partial charge is 0.141 e. The highest BCUT2D eigenvalue weighted by Crippen LogP contribution is 2.35. The van der Waals surface area contributed by atoms with Crippen LogP contribution in [0.3, 0.4) is 0 Å². The first-order valence-corrected chi connectivity index (χ1v) is 13.2. The van der Waals surface area contributed by atoms with Crippen molar-refractivity contribution >= 4 is 33.9 Å². The number of pyridine rings is 1. The standard InChI is InChI=1S/C21H23N5OS3/c1-14-24-12-19(26(14)2)16-10-18(21-23-8-9-28-21)25-20(17(16)11-22)29-13-30(27)15-6-4-3-5-7-15/h8-10,12,15H,3-7,13H2,1-2H3. The van der Waals surface area contributed by atoms with Gasteiger partial charge in [-0.1, -0.05) is 31.0 Å². The minimum absolute atomic E-state index is 0.262. The number of aryl methyl sites for hydroxylation is 1. The molecule has 0 aliphatic heterocycles. The number of thiazole rings is 1. The molecule has 3 heterocycles. The van der Waals surface area contributed by atoms with Gasteiger partial charge < -0.3 is 4.57 Å². The number of nitriles is 1. The fourth-order valence-corrected chi connectivity index (χ4v) is 7.29. The summed E-state index contributed by atoms with van der Waals surface area (Å²) in [7, 11) is 1.01. The van der Waals surface area contributed by atoms with E-state index in [1.54, 1.807) is 12.4 Å². The molecule has 0 spiro atoms. The van der Waals surface area contributed by atoms with Crippen LogP contribution in [0.1, 0.15) is 43.5 Å². The topological polar surface area (TPSA) is 84.5 Å². The van der Waals surface area contributed by atoms with E-state index < -0.39 is 10.8 Å². The maximum atomic E-state index is 12.9. The summed E-state index contributed by atoms with van der Waals surface area (Å²) in [5, 5.41) is 14.0. The number of hydrogen-bond donors (Lipinski definition) is 0. The Labute approximate surface area is 187 Å². The molecule has 1 aliphatic rings. The van der Waals surface area contributed by atoms with Crippen molar-refractivity contribution in [2.45, 2.75) is 49.3 Å². The molecule has 0 radical (unpaired) electrons. The molecule has 1 atom stereocenters. The molecule has 1 aliphatic carbocycles. The normalized spacial score (nSPS) is 15.8. The van der Waals surface area contributed by atoms with Crippen molar-refractivity contribution < 1.29 is 4.21 Å². The predicted octanol–water partition coefficient (Wildman–Crippen LogP) is 4.92. The van der Waals surface area contributed by atoms with Crippen molar-refractivity contribution in [3.63, 3.8) is 0 Å². The Balaban J connectivity index is 1.72. The van der Waals surface area contributed by atoms with E-state index in [2.05, 4.69) is 16.0 Å². The van der Waals surface area contributed by atoms with Crippen LogP contribution in [0.15, 0.2) is 28.9 Å². The van der Waals surface area contributed by atoms with Gasteiger partial charge in [-0.05, 0) is 25.8 Å². The lowest BCUT2D eigenvalue weighted by Crippen LogP contribution is -2.19. The number of rotatable bonds is 6. The Bertz CT molecular complexity index is 1090. The van der Waals surface area contributed by atoms with E-state index in [0.29, 0.717) is 15.7 Å². The molecule has 3 aromatic heterocycles. The van der Waals surface area contributed by atoms with Crippen LogP contribution in [-0.4, -0.2) is 34.1 Å². The lowest BCUT2D eigenvalue weighted by atomic mass is 10.0. The quantitative estimate of drug-likeness (QED) is 0.489. The van der Waals surface area contributed by atoms with Crippen LogP contribution < -0.4 is 0 Å². The SMILES string of the molecule is Cc1ncc(-c2cc(-c3nccs3)nc(SCS(=O)C3CCCCC3)c2C#N)n1C. The summed E-state index contributed by atoms with van der Waals surface area (Å²) in [5.74, 6) is 0.870. The zero-order valence-electron chi connectivity index (χ0n) is 17.0. The second-order valence-corrected chi connectivity index (χ2v) is 11.3. The third-order valence-electron chi connectivity index (χ3n) is 5.48. The van der Waals surface area contributed by atoms with E-state index in [1.807, 2.05) is 30.0 Å². The first-order valence-electron chi connectivity index (χ1n) is 9.92. The van der Waals surface area contributed by atoms with Gasteiger partial charge in [-0.15, -0.1) is 11.3 Å². The van der Waals surface area contributed by atoms with Crippen molar-refractivity contribution in [2.24, 2.45) is 7.05 Å². The third-order valence-corrected chi connectivity index (χ3v) is 9.46. The highest BCUT2D eigenvalue weighted by molar-refractivity contribution is 8.10. The van der Waals surface area contributed by atoms with Crippen molar-refractivity contribution in [3.05, 3.63) is 35.2 Å². The first kappa shape index (κ1) is 21.2. The summed E-state index contributed by atoms with van der Waals surface area (Å²) in [6, 6.07) is 4.25. The lowest BCUT2D eigenvalue weighted by Gasteiger charge is -2.20. The highest BCUT2D eigenvalue weighted by atomic mass is 32.2. The van der Waals surface area contributed by atoms with Gasteiger partial charge in [0.2, 0.25) is 0 Å². The lowest BCUT2D eigenvalue weighted by molar-refractivity contribution is 0.505. The molecule has 30 heavy (non-hydrogen) atoms. The summed E-state index contributed by atoms with van der Waals surface area (Å²) in [5.41, 5.74) is 2.87. The summed E-state index contributed by atoms with van der Waals surface area (Å²) in [4.78, 5) is 13.5. The maximum absolute atomic E-state index is 12.9. The van der Waals surface area contributed by atoms with Crippen molar-refractivity contribution in [1.29, 1.82) is 5.26 Å². The molecule has 0 bridgehead atoms. The minimum Gasteiger partial charge on any atom is -0.331 e. The molecule has 0 amide bonds. The van der Waals surface area contributed by atoms with Gasteiger partial charge in [0, 0.05) is 40.2 Å². The molecule has 0 N–H and O–H groups in total. The van der Waals surface area contributed by atoms with Crippen LogP contribution in [0.25, 0.3) is 22.0 Å². The zero-order valence-corrected chi connectivity index (χ0v) is 19.4. The predicted molar refractivity (Wildman–Crippen MR) is 123 cm³/mol. The van der Waals surface area contributed by atoms with Crippen LogP contribution in [0.5, 0.6) is 0 Å². The van der Waals surface area contributed by atoms with Gasteiger partial charge in [0.05, 0.1) is 22.5 Å². The molecule has 1 saturated carbocycles. The molecule has 1 unspecified atom stereocenters. The van der Waals surface area contributed by atoms with Gasteiger partial charge in [-0.25, -0.2) is 15.0 Å². The molecule has 3 aromatic rings. The van der Waals surface area contributed by atoms with Gasteiger partial charge in [-0.3, -0.25) is 4.21 Å². The molecule has 1 fully saturated rings. The Kier molecular flexibility index (Phi) is 6.66. The number of nitrogens with zero attached hydrogens (tertiary/aromatic N) is 5. The molecule has 0 aromatic carbocycles. The van der Waals surface area contributed by atoms with Gasteiger partial charge >= 0.3 is 0 Å². The second kappa shape index (κ2) is 9.41. The molecule has 4 rings (SSSR count). The van der Waals surface area contributed by atoms with Gasteiger partial charge in [0.25, 0.3) is 0 Å². The maximum Gasteiger partial charge on any atom is 0.141 e. The van der Waals surface area contributed by atoms with E-state index in [-0.39, 0.29) is 5.25 Å². The summed E-state index contributed by atoms with van der Waals surface area (Å²) in [6.45, 7) is 1.93. The van der Waals surface area contributed by atoms with Crippen LogP contribution in [0.4, 0.5) is 0 Å². The minimum atomic E-state index is -0.929. The van der Waals surface area contributed by atoms with Gasteiger partial charge in [0.15, 0.2) is 0 Å². The summed E-state index contributed by atoms with van der Waals surface area (Å²) >= 11 is 2.93. The van der Waals surface area contributed by atoms with Gasteiger partial charge in [0.1, 0.15) is 27.6 Å². The fourth-order valence-electron chi connectivity index (χ4n) is 3.69. The van der Waals surface area contributed by atoms with Crippen LogP contribution >= 0.6 is 23.1 Å². The largest absolute Gasteiger partial charge is 0.331 e. The zero-order chi connectivity index (χ0) is 21.1. The number of aromatic nitrogens is 4. The van der Waals surface area contributed by atoms with Crippen LogP contribution in [-0.2, 0) is 17.8 Å². The van der Waals surface area contributed by atoms with Crippen LogP contribution in [0, 0.1) is 18.3 Å². The summed E-state index contributed by atoms with van der Waals surface area (Å²) < 4.78 is 14.8. The van der Waals surface area contributed by atoms with Crippen molar-refractivity contribution in [2.75, 3.05) is 5.08 Å². The fraction of sp³-hybridized carbons (Fsp3) is 0.429. The Hall–Kier alpha value is -2.02. The third kappa shape index (κ3) is 4.36. The van der Waals surface area contributed by atoms with E-state index in [0.717, 1.165) is 53.5 Å². The Morgan fingerprint density at radius 1 is 1.33 bits per heavy atom. The average molecular weight is 458 g/mol. The second-order valence-electron chi connectivity index (χ2n) is 7.34. The van der Waals surface area contributed by atoms with E-state index in [4.69, 9.17) is 4.98 Å². The molecular formula is C21H23N5OS3. The highest BCUT2D eigenvalue weighted by Gasteiger charge is 2.23. The Morgan fingerprint density at radius 3 is 2.77 bits per heavy atom. The van der Waals surface area contributed by atoms with E-state index in [1.165, 1.54) is 29.5 Å².